The molecule has 0 aliphatic heterocycles. The summed E-state index contributed by atoms with van der Waals surface area (Å²) in [5.74, 6) is 0. The van der Waals surface area contributed by atoms with Crippen LogP contribution in [0.25, 0.3) is 0 Å². The maximum Gasteiger partial charge on any atom is 0.418 e. The largest absolute Gasteiger partial charge is 0.418 e. The summed E-state index contributed by atoms with van der Waals surface area (Å²) >= 11 is 0. The molecule has 17 heavy (non-hydrogen) atoms. The summed E-state index contributed by atoms with van der Waals surface area (Å²) in [7, 11) is 0. The van der Waals surface area contributed by atoms with Gasteiger partial charge in [0.05, 0.1) is 16.8 Å². The van der Waals surface area contributed by atoms with Crippen molar-refractivity contribution in [2.45, 2.75) is 12.4 Å². The van der Waals surface area contributed by atoms with Crippen molar-refractivity contribution in [2.75, 3.05) is 5.73 Å². The number of nitrogen functional groups attached to an aromatic ring is 1. The number of rotatable bonds is 1. The summed E-state index contributed by atoms with van der Waals surface area (Å²) in [5.41, 5.74) is -0.692. The molecule has 0 aliphatic carbocycles. The van der Waals surface area contributed by atoms with Crippen molar-refractivity contribution >= 4 is 12.0 Å². The van der Waals surface area contributed by atoms with E-state index in [-0.39, 0.29) is 18.4 Å². The molecule has 1 rings (SSSR count). The molecule has 0 heterocycles. The lowest BCUT2D eigenvalue weighted by atomic mass is 10.0. The van der Waals surface area contributed by atoms with Crippen molar-refractivity contribution in [3.05, 3.63) is 28.8 Å². The third kappa shape index (κ3) is 2.69. The Kier molecular flexibility index (Phi) is 3.09. The van der Waals surface area contributed by atoms with E-state index in [1.807, 2.05) is 0 Å². The maximum atomic E-state index is 12.4. The molecule has 0 unspecified atom stereocenters. The van der Waals surface area contributed by atoms with E-state index < -0.39 is 34.7 Å². The molecule has 0 saturated carbocycles. The summed E-state index contributed by atoms with van der Waals surface area (Å²) in [4.78, 5) is 10.3. The van der Waals surface area contributed by atoms with Gasteiger partial charge in [-0.05, 0) is 12.1 Å². The zero-order valence-corrected chi connectivity index (χ0v) is 7.99. The van der Waals surface area contributed by atoms with Crippen LogP contribution in [-0.4, -0.2) is 6.29 Å². The van der Waals surface area contributed by atoms with Gasteiger partial charge in [-0.2, -0.15) is 26.3 Å². The lowest BCUT2D eigenvalue weighted by Crippen LogP contribution is -2.16. The number of aldehydes is 1. The number of carbonyl (C=O) groups excluding carboxylic acids is 1. The maximum absolute atomic E-state index is 12.4. The highest BCUT2D eigenvalue weighted by Gasteiger charge is 2.40. The van der Waals surface area contributed by atoms with Crippen LogP contribution in [0, 0.1) is 0 Å². The highest BCUT2D eigenvalue weighted by Crippen LogP contribution is 2.41. The van der Waals surface area contributed by atoms with Gasteiger partial charge in [-0.3, -0.25) is 4.79 Å². The van der Waals surface area contributed by atoms with Crippen LogP contribution in [0.2, 0.25) is 0 Å². The SMILES string of the molecule is Nc1c(C(F)(F)F)cc(C=O)cc1C(F)(F)F. The van der Waals surface area contributed by atoms with E-state index in [1.165, 1.54) is 0 Å². The number of benzene rings is 1. The number of anilines is 1. The Bertz CT molecular complexity index is 413. The molecule has 0 saturated heterocycles. The van der Waals surface area contributed by atoms with Gasteiger partial charge in [0.1, 0.15) is 6.29 Å². The molecule has 94 valence electrons. The first-order chi connectivity index (χ1) is 7.57. The topological polar surface area (TPSA) is 43.1 Å². The average molecular weight is 257 g/mol. The first-order valence-electron chi connectivity index (χ1n) is 4.10. The molecule has 1 aromatic carbocycles. The van der Waals surface area contributed by atoms with Gasteiger partial charge in [0.15, 0.2) is 0 Å². The van der Waals surface area contributed by atoms with Gasteiger partial charge in [0.25, 0.3) is 0 Å². The lowest BCUT2D eigenvalue weighted by molar-refractivity contribution is -0.141. The normalized spacial score (nSPS) is 12.6. The minimum atomic E-state index is -5.05. The fourth-order valence-corrected chi connectivity index (χ4v) is 1.21. The second-order valence-corrected chi connectivity index (χ2v) is 3.14. The monoisotopic (exact) mass is 257 g/mol. The van der Waals surface area contributed by atoms with Crippen molar-refractivity contribution in [3.63, 3.8) is 0 Å². The fraction of sp³-hybridized carbons (Fsp3) is 0.222. The molecule has 2 N–H and O–H groups in total. The molecule has 0 spiro atoms. The quantitative estimate of drug-likeness (QED) is 0.477. The molecule has 8 heteroatoms. The van der Waals surface area contributed by atoms with Crippen molar-refractivity contribution in [1.82, 2.24) is 0 Å². The predicted octanol–water partition coefficient (Wildman–Crippen LogP) is 3.12. The molecule has 0 radical (unpaired) electrons. The first kappa shape index (κ1) is 13.3. The van der Waals surface area contributed by atoms with Gasteiger partial charge >= 0.3 is 12.4 Å². The molecule has 0 atom stereocenters. The van der Waals surface area contributed by atoms with Gasteiger partial charge in [-0.1, -0.05) is 0 Å². The molecule has 0 aliphatic rings. The number of hydrogen-bond donors (Lipinski definition) is 1. The number of alkyl halides is 6. The van der Waals surface area contributed by atoms with Crippen molar-refractivity contribution in [2.24, 2.45) is 0 Å². The molecule has 0 aromatic heterocycles. The molecule has 0 bridgehead atoms. The summed E-state index contributed by atoms with van der Waals surface area (Å²) in [6.07, 6.45) is -10.2. The van der Waals surface area contributed by atoms with Gasteiger partial charge in [0, 0.05) is 5.56 Å². The minimum absolute atomic E-state index is 0.107. The number of nitrogens with two attached hydrogens (primary N) is 1. The summed E-state index contributed by atoms with van der Waals surface area (Å²) in [6.45, 7) is 0. The van der Waals surface area contributed by atoms with E-state index in [2.05, 4.69) is 0 Å². The van der Waals surface area contributed by atoms with E-state index >= 15 is 0 Å². The Morgan fingerprint density at radius 1 is 0.941 bits per heavy atom. The highest BCUT2D eigenvalue weighted by molar-refractivity contribution is 5.78. The third-order valence-corrected chi connectivity index (χ3v) is 1.95. The van der Waals surface area contributed by atoms with Gasteiger partial charge in [-0.25, -0.2) is 0 Å². The van der Waals surface area contributed by atoms with Crippen LogP contribution in [0.15, 0.2) is 12.1 Å². The average Bonchev–Trinajstić information content (AvgIpc) is 2.14. The van der Waals surface area contributed by atoms with E-state index in [9.17, 15) is 31.1 Å². The lowest BCUT2D eigenvalue weighted by Gasteiger charge is -2.16. The predicted molar refractivity (Wildman–Crippen MR) is 46.2 cm³/mol. The van der Waals surface area contributed by atoms with Crippen LogP contribution in [0.3, 0.4) is 0 Å². The molecule has 1 aromatic rings. The number of halogens is 6. The molecular formula is C9H5F6NO. The van der Waals surface area contributed by atoms with Crippen LogP contribution < -0.4 is 5.73 Å². The summed E-state index contributed by atoms with van der Waals surface area (Å²) in [6, 6.07) is 0.551. The summed E-state index contributed by atoms with van der Waals surface area (Å²) < 4.78 is 74.2. The van der Waals surface area contributed by atoms with Crippen molar-refractivity contribution in [3.8, 4) is 0 Å². The number of carbonyl (C=O) groups is 1. The first-order valence-corrected chi connectivity index (χ1v) is 4.10. The number of hydrogen-bond acceptors (Lipinski definition) is 2. The van der Waals surface area contributed by atoms with Crippen LogP contribution in [0.1, 0.15) is 21.5 Å². The summed E-state index contributed by atoms with van der Waals surface area (Å²) in [5, 5.41) is 0. The third-order valence-electron chi connectivity index (χ3n) is 1.95. The van der Waals surface area contributed by atoms with Gasteiger partial charge < -0.3 is 5.73 Å². The second kappa shape index (κ2) is 3.94. The van der Waals surface area contributed by atoms with Crippen LogP contribution in [-0.2, 0) is 12.4 Å². The van der Waals surface area contributed by atoms with Crippen molar-refractivity contribution < 1.29 is 31.1 Å². The standard InChI is InChI=1S/C9H5F6NO/c10-8(11,12)5-1-4(3-17)2-6(7(5)16)9(13,14)15/h1-3H,16H2. The van der Waals surface area contributed by atoms with Gasteiger partial charge in [-0.15, -0.1) is 0 Å². The van der Waals surface area contributed by atoms with E-state index in [1.54, 1.807) is 0 Å². The van der Waals surface area contributed by atoms with Crippen LogP contribution >= 0.6 is 0 Å². The smallest absolute Gasteiger partial charge is 0.398 e. The van der Waals surface area contributed by atoms with Gasteiger partial charge in [0.2, 0.25) is 0 Å². The fourth-order valence-electron chi connectivity index (χ4n) is 1.21. The minimum Gasteiger partial charge on any atom is -0.398 e. The van der Waals surface area contributed by atoms with E-state index in [0.717, 1.165) is 0 Å². The highest BCUT2D eigenvalue weighted by atomic mass is 19.4. The molecular weight excluding hydrogens is 252 g/mol. The Hall–Kier alpha value is -1.73. The Morgan fingerprint density at radius 2 is 1.29 bits per heavy atom. The Morgan fingerprint density at radius 3 is 1.53 bits per heavy atom. The molecule has 2 nitrogen and oxygen atoms in total. The van der Waals surface area contributed by atoms with Crippen molar-refractivity contribution in [1.29, 1.82) is 0 Å². The van der Waals surface area contributed by atoms with E-state index in [4.69, 9.17) is 5.73 Å². The molecule has 0 amide bonds. The zero-order valence-electron chi connectivity index (χ0n) is 7.99. The van der Waals surface area contributed by atoms with E-state index in [0.29, 0.717) is 0 Å². The zero-order chi connectivity index (χ0) is 13.4. The Labute approximate surface area is 91.0 Å². The molecule has 0 fully saturated rings. The second-order valence-electron chi connectivity index (χ2n) is 3.14. The van der Waals surface area contributed by atoms with Crippen LogP contribution in [0.5, 0.6) is 0 Å². The Balaban J connectivity index is 3.59. The van der Waals surface area contributed by atoms with Crippen LogP contribution in [0.4, 0.5) is 32.0 Å².